The van der Waals surface area contributed by atoms with Gasteiger partial charge < -0.3 is 29.5 Å². The lowest BCUT2D eigenvalue weighted by atomic mass is 9.81. The third-order valence-corrected chi connectivity index (χ3v) is 7.71. The van der Waals surface area contributed by atoms with E-state index in [1.165, 1.54) is 0 Å². The van der Waals surface area contributed by atoms with Crippen LogP contribution in [-0.2, 0) is 32.2 Å². The van der Waals surface area contributed by atoms with E-state index in [0.29, 0.717) is 35.5 Å². The van der Waals surface area contributed by atoms with Crippen molar-refractivity contribution in [3.8, 4) is 5.75 Å². The Balaban J connectivity index is 1.77. The molecular formula is C36H44N6O6. The third-order valence-electron chi connectivity index (χ3n) is 7.71. The van der Waals surface area contributed by atoms with Gasteiger partial charge in [-0.15, -0.1) is 0 Å². The molecule has 0 unspecified atom stereocenters. The van der Waals surface area contributed by atoms with Crippen molar-refractivity contribution in [3.63, 3.8) is 0 Å². The van der Waals surface area contributed by atoms with Crippen LogP contribution in [0.5, 0.6) is 5.75 Å². The molecule has 254 valence electrons. The molecule has 1 heterocycles. The van der Waals surface area contributed by atoms with Crippen molar-refractivity contribution in [2.75, 3.05) is 32.2 Å². The summed E-state index contributed by atoms with van der Waals surface area (Å²) in [7, 11) is 3.91. The number of hydrogen-bond donors (Lipinski definition) is 2. The summed E-state index contributed by atoms with van der Waals surface area (Å²) in [6, 6.07) is 22.2. The molecule has 12 heteroatoms. The number of aliphatic hydroxyl groups excluding tert-OH is 1. The van der Waals surface area contributed by atoms with Crippen molar-refractivity contribution >= 4 is 23.5 Å². The fraction of sp³-hybridized carbons (Fsp3) is 0.417. The topological polar surface area (TPSA) is 158 Å². The van der Waals surface area contributed by atoms with Gasteiger partial charge in [0, 0.05) is 56.3 Å². The molecule has 3 aromatic carbocycles. The highest BCUT2D eigenvalue weighted by atomic mass is 16.6. The number of aliphatic imine (C=N–C) groups is 1. The van der Waals surface area contributed by atoms with Gasteiger partial charge in [-0.3, -0.25) is 9.59 Å². The number of rotatable bonds is 15. The van der Waals surface area contributed by atoms with Gasteiger partial charge >= 0.3 is 5.97 Å². The minimum absolute atomic E-state index is 0.0142. The van der Waals surface area contributed by atoms with E-state index in [2.05, 4.69) is 15.3 Å². The van der Waals surface area contributed by atoms with Gasteiger partial charge in [-0.2, -0.15) is 0 Å². The van der Waals surface area contributed by atoms with Gasteiger partial charge in [0.1, 0.15) is 11.4 Å². The van der Waals surface area contributed by atoms with Crippen LogP contribution in [0.1, 0.15) is 68.4 Å². The van der Waals surface area contributed by atoms with E-state index >= 15 is 0 Å². The maximum absolute atomic E-state index is 14.5. The summed E-state index contributed by atoms with van der Waals surface area (Å²) in [5, 5.41) is 15.9. The molecule has 1 aliphatic rings. The molecule has 12 nitrogen and oxygen atoms in total. The Labute approximate surface area is 281 Å². The molecule has 4 rings (SSSR count). The zero-order valence-corrected chi connectivity index (χ0v) is 28.2. The van der Waals surface area contributed by atoms with E-state index in [0.717, 1.165) is 11.3 Å². The van der Waals surface area contributed by atoms with Crippen LogP contribution in [0.15, 0.2) is 82.9 Å². The van der Waals surface area contributed by atoms with Gasteiger partial charge in [-0.1, -0.05) is 41.5 Å². The molecule has 0 aliphatic carbocycles. The quantitative estimate of drug-likeness (QED) is 0.0666. The van der Waals surface area contributed by atoms with E-state index in [-0.39, 0.29) is 38.4 Å². The van der Waals surface area contributed by atoms with Gasteiger partial charge in [-0.25, -0.2) is 4.99 Å². The van der Waals surface area contributed by atoms with Gasteiger partial charge in [0.05, 0.1) is 13.2 Å². The number of benzene rings is 3. The summed E-state index contributed by atoms with van der Waals surface area (Å²) >= 11 is 0. The number of aliphatic hydroxyl groups is 1. The molecule has 3 aromatic rings. The van der Waals surface area contributed by atoms with Crippen LogP contribution in [-0.4, -0.2) is 61.3 Å². The summed E-state index contributed by atoms with van der Waals surface area (Å²) in [6.45, 7) is 6.01. The minimum Gasteiger partial charge on any atom is -0.494 e. The second-order valence-corrected chi connectivity index (χ2v) is 12.7. The first-order valence-corrected chi connectivity index (χ1v) is 15.9. The highest BCUT2D eigenvalue weighted by molar-refractivity contribution is 6.01. The van der Waals surface area contributed by atoms with Crippen LogP contribution in [0.3, 0.4) is 0 Å². The largest absolute Gasteiger partial charge is 0.494 e. The summed E-state index contributed by atoms with van der Waals surface area (Å²) in [5.74, 6) is -0.0696. The molecule has 0 aromatic heterocycles. The van der Waals surface area contributed by atoms with Crippen LogP contribution >= 0.6 is 0 Å². The first kappa shape index (κ1) is 35.8. The number of amides is 1. The average Bonchev–Trinajstić information content (AvgIpc) is 3.46. The Morgan fingerprint density at radius 2 is 1.79 bits per heavy atom. The zero-order valence-electron chi connectivity index (χ0n) is 28.2. The number of hydrogen-bond acceptors (Lipinski definition) is 9. The Kier molecular flexibility index (Phi) is 12.1. The number of nitrogens with one attached hydrogen (secondary N) is 1. The molecule has 2 atom stereocenters. The second-order valence-electron chi connectivity index (χ2n) is 12.7. The predicted molar refractivity (Wildman–Crippen MR) is 184 cm³/mol. The standard InChI is InChI=1S/C36H44N6O6/c1-35(2,3)48-31(44)19-20-36(34(45)38-23-25-11-15-28(16-12-25)42(4)5)32(30-10-7-6-9-27(30)24-39-41-37)47-33(40-36)26-13-17-29(18-14-26)46-22-8-21-43/h6-7,9-18,32,43H,8,19-24H2,1-5H3,(H,38,45)/t32-,36-/m1/s1. The molecule has 1 aliphatic heterocycles. The maximum Gasteiger partial charge on any atom is 0.306 e. The normalized spacial score (nSPS) is 17.0. The molecule has 0 saturated heterocycles. The second kappa shape index (κ2) is 16.2. The molecule has 0 spiro atoms. The van der Waals surface area contributed by atoms with E-state index in [1.54, 1.807) is 45.0 Å². The van der Waals surface area contributed by atoms with Crippen molar-refractivity contribution in [1.82, 2.24) is 5.32 Å². The Hall–Kier alpha value is -5.06. The first-order valence-electron chi connectivity index (χ1n) is 15.9. The Bertz CT molecular complexity index is 1630. The van der Waals surface area contributed by atoms with Crippen LogP contribution in [0, 0.1) is 0 Å². The van der Waals surface area contributed by atoms with Gasteiger partial charge in [0.2, 0.25) is 5.90 Å². The van der Waals surface area contributed by atoms with Gasteiger partial charge in [0.15, 0.2) is 11.6 Å². The van der Waals surface area contributed by atoms with Crippen LogP contribution in [0.4, 0.5) is 5.69 Å². The monoisotopic (exact) mass is 656 g/mol. The lowest BCUT2D eigenvalue weighted by Crippen LogP contribution is -2.48. The molecule has 48 heavy (non-hydrogen) atoms. The van der Waals surface area contributed by atoms with E-state index < -0.39 is 29.1 Å². The van der Waals surface area contributed by atoms with Crippen molar-refractivity contribution in [2.45, 2.75) is 70.4 Å². The van der Waals surface area contributed by atoms with E-state index in [9.17, 15) is 9.59 Å². The number of azide groups is 1. The van der Waals surface area contributed by atoms with Crippen LogP contribution in [0.25, 0.3) is 10.4 Å². The molecule has 0 bridgehead atoms. The summed E-state index contributed by atoms with van der Waals surface area (Å²) in [5.41, 5.74) is 10.6. The Morgan fingerprint density at radius 1 is 1.08 bits per heavy atom. The van der Waals surface area contributed by atoms with Crippen molar-refractivity contribution in [3.05, 3.63) is 105 Å². The van der Waals surface area contributed by atoms with Crippen LogP contribution in [0.2, 0.25) is 0 Å². The number of ether oxygens (including phenoxy) is 3. The number of nitrogens with zero attached hydrogens (tertiary/aromatic N) is 5. The van der Waals surface area contributed by atoms with E-state index in [1.807, 2.05) is 67.5 Å². The smallest absolute Gasteiger partial charge is 0.306 e. The highest BCUT2D eigenvalue weighted by Gasteiger charge is 2.53. The number of carbonyl (C=O) groups excluding carboxylic acids is 2. The zero-order chi connectivity index (χ0) is 34.7. The lowest BCUT2D eigenvalue weighted by molar-refractivity contribution is -0.155. The average molecular weight is 657 g/mol. The number of anilines is 1. The first-order chi connectivity index (χ1) is 23.0. The van der Waals surface area contributed by atoms with Crippen molar-refractivity contribution < 1.29 is 28.9 Å². The predicted octanol–water partition coefficient (Wildman–Crippen LogP) is 6.02. The summed E-state index contributed by atoms with van der Waals surface area (Å²) < 4.78 is 17.9. The van der Waals surface area contributed by atoms with Gasteiger partial charge in [0.25, 0.3) is 5.91 Å². The molecule has 0 radical (unpaired) electrons. The number of carbonyl (C=O) groups is 2. The molecule has 0 saturated carbocycles. The molecule has 0 fully saturated rings. The Morgan fingerprint density at radius 3 is 2.44 bits per heavy atom. The van der Waals surface area contributed by atoms with Gasteiger partial charge in [-0.05, 0) is 85.8 Å². The number of esters is 1. The van der Waals surface area contributed by atoms with Crippen molar-refractivity contribution in [2.24, 2.45) is 10.1 Å². The minimum atomic E-state index is -1.58. The maximum atomic E-state index is 14.5. The molecular weight excluding hydrogens is 612 g/mol. The van der Waals surface area contributed by atoms with Crippen molar-refractivity contribution in [1.29, 1.82) is 0 Å². The van der Waals surface area contributed by atoms with Crippen LogP contribution < -0.4 is 15.0 Å². The third kappa shape index (κ3) is 9.27. The van der Waals surface area contributed by atoms with E-state index in [4.69, 9.17) is 29.8 Å². The fourth-order valence-corrected chi connectivity index (χ4v) is 5.32. The summed E-state index contributed by atoms with van der Waals surface area (Å²) in [4.78, 5) is 37.5. The lowest BCUT2D eigenvalue weighted by Gasteiger charge is -2.32. The SMILES string of the molecule is CN(C)c1ccc(CNC(=O)[C@]2(CCC(=O)OC(C)(C)C)N=C(c3ccc(OCCCO)cc3)O[C@@H]2c2ccccc2CN=[N+]=[N-])cc1. The molecule has 2 N–H and O–H groups in total. The fourth-order valence-electron chi connectivity index (χ4n) is 5.32. The highest BCUT2D eigenvalue weighted by Crippen LogP contribution is 2.44. The summed E-state index contributed by atoms with van der Waals surface area (Å²) in [6.07, 6.45) is -0.574. The molecule has 1 amide bonds.